The Morgan fingerprint density at radius 1 is 0.967 bits per heavy atom. The van der Waals surface area contributed by atoms with Crippen LogP contribution < -0.4 is 16.7 Å². The fraction of sp³-hybridized carbons (Fsp3) is 0.364. The summed E-state index contributed by atoms with van der Waals surface area (Å²) < 4.78 is 14.9. The van der Waals surface area contributed by atoms with Gasteiger partial charge < -0.3 is 9.31 Å². The summed E-state index contributed by atoms with van der Waals surface area (Å²) in [6, 6.07) is 10.5. The number of hydrogen-bond donors (Lipinski definition) is 0. The van der Waals surface area contributed by atoms with Crippen LogP contribution in [0.25, 0.3) is 16.6 Å². The molecule has 2 heterocycles. The fourth-order valence-corrected chi connectivity index (χ4v) is 4.10. The average molecular weight is 427 g/mol. The van der Waals surface area contributed by atoms with Crippen LogP contribution in [-0.2, 0) is 16.4 Å². The third-order valence-corrected chi connectivity index (χ3v) is 6.63. The molecule has 30 heavy (non-hydrogen) atoms. The Morgan fingerprint density at radius 2 is 1.57 bits per heavy atom. The van der Waals surface area contributed by atoms with Gasteiger partial charge in [-0.05, 0) is 63.8 Å². The molecule has 0 bridgehead atoms. The zero-order valence-electron chi connectivity index (χ0n) is 17.9. The van der Waals surface area contributed by atoms with Crippen molar-refractivity contribution in [3.8, 4) is 5.69 Å². The minimum absolute atomic E-state index is 0.360. The number of aryl methyl sites for hydroxylation is 1. The second-order valence-corrected chi connectivity index (χ2v) is 9.10. The number of hydrogen-bond acceptors (Lipinski definition) is 4. The van der Waals surface area contributed by atoms with Crippen molar-refractivity contribution in [3.63, 3.8) is 0 Å². The van der Waals surface area contributed by atoms with E-state index >= 15 is 0 Å². The highest BCUT2D eigenvalue weighted by Crippen LogP contribution is 2.36. The molecule has 6 nitrogen and oxygen atoms in total. The van der Waals surface area contributed by atoms with Crippen molar-refractivity contribution < 1.29 is 9.31 Å². The molecule has 1 saturated heterocycles. The van der Waals surface area contributed by atoms with Crippen LogP contribution in [0.5, 0.6) is 0 Å². The Morgan fingerprint density at radius 3 is 2.20 bits per heavy atom. The van der Waals surface area contributed by atoms with Crippen molar-refractivity contribution in [2.45, 2.75) is 45.8 Å². The van der Waals surface area contributed by atoms with Crippen LogP contribution in [0.1, 0.15) is 33.3 Å². The minimum Gasteiger partial charge on any atom is -0.399 e. The van der Waals surface area contributed by atoms with Gasteiger partial charge in [0.15, 0.2) is 0 Å². The van der Waals surface area contributed by atoms with Gasteiger partial charge >= 0.3 is 12.8 Å². The van der Waals surface area contributed by atoms with Crippen molar-refractivity contribution in [3.05, 3.63) is 67.8 Å². The van der Waals surface area contributed by atoms with E-state index in [1.807, 2.05) is 40.7 Å². The second-order valence-electron chi connectivity index (χ2n) is 8.70. The maximum atomic E-state index is 13.3. The van der Waals surface area contributed by atoms with E-state index in [-0.39, 0.29) is 0 Å². The number of aromatic nitrogens is 2. The molecule has 1 aromatic heterocycles. The van der Waals surface area contributed by atoms with E-state index in [0.29, 0.717) is 21.6 Å². The van der Waals surface area contributed by atoms with Crippen LogP contribution >= 0.6 is 11.6 Å². The van der Waals surface area contributed by atoms with Gasteiger partial charge in [-0.25, -0.2) is 9.36 Å². The average Bonchev–Trinajstić information content (AvgIpc) is 2.88. The van der Waals surface area contributed by atoms with E-state index in [4.69, 9.17) is 20.9 Å². The van der Waals surface area contributed by atoms with Crippen LogP contribution in [0.4, 0.5) is 0 Å². The highest BCUT2D eigenvalue weighted by Gasteiger charge is 2.52. The summed E-state index contributed by atoms with van der Waals surface area (Å²) in [6.45, 7) is 9.81. The first-order valence-corrected chi connectivity index (χ1v) is 10.2. The van der Waals surface area contributed by atoms with Crippen molar-refractivity contribution in [1.82, 2.24) is 9.13 Å². The lowest BCUT2D eigenvalue weighted by molar-refractivity contribution is 0.00578. The third-order valence-electron chi connectivity index (χ3n) is 6.33. The number of halogens is 1. The molecule has 2 aromatic carbocycles. The van der Waals surface area contributed by atoms with Gasteiger partial charge in [0.1, 0.15) is 0 Å². The largest absolute Gasteiger partial charge is 0.495 e. The topological polar surface area (TPSA) is 62.5 Å². The summed E-state index contributed by atoms with van der Waals surface area (Å²) in [5.74, 6) is 0. The first-order chi connectivity index (χ1) is 14.0. The summed E-state index contributed by atoms with van der Waals surface area (Å²) in [5.41, 5.74) is 0.585. The molecule has 0 amide bonds. The Labute approximate surface area is 180 Å². The molecule has 0 atom stereocenters. The van der Waals surface area contributed by atoms with Crippen molar-refractivity contribution in [2.75, 3.05) is 0 Å². The molecule has 0 unspecified atom stereocenters. The maximum absolute atomic E-state index is 13.3. The number of nitrogens with zero attached hydrogens (tertiary/aromatic N) is 2. The van der Waals surface area contributed by atoms with Gasteiger partial charge in [0.2, 0.25) is 0 Å². The zero-order chi connectivity index (χ0) is 22.0. The molecule has 0 spiro atoms. The summed E-state index contributed by atoms with van der Waals surface area (Å²) in [5, 5.41) is 0.740. The van der Waals surface area contributed by atoms with E-state index in [2.05, 4.69) is 0 Å². The van der Waals surface area contributed by atoms with E-state index in [1.54, 1.807) is 37.4 Å². The third kappa shape index (κ3) is 2.95. The monoisotopic (exact) mass is 426 g/mol. The van der Waals surface area contributed by atoms with Gasteiger partial charge in [0.05, 0.1) is 32.8 Å². The highest BCUT2D eigenvalue weighted by molar-refractivity contribution is 6.62. The molecule has 0 radical (unpaired) electrons. The molecule has 0 N–H and O–H groups in total. The van der Waals surface area contributed by atoms with Crippen LogP contribution in [0.3, 0.4) is 0 Å². The lowest BCUT2D eigenvalue weighted by Gasteiger charge is -2.32. The first kappa shape index (κ1) is 20.9. The van der Waals surface area contributed by atoms with Gasteiger partial charge in [-0.2, -0.15) is 0 Å². The quantitative estimate of drug-likeness (QED) is 0.591. The van der Waals surface area contributed by atoms with Gasteiger partial charge in [-0.15, -0.1) is 0 Å². The molecule has 1 fully saturated rings. The number of para-hydroxylation sites is 1. The van der Waals surface area contributed by atoms with E-state index in [9.17, 15) is 9.59 Å². The number of fused-ring (bicyclic) bond motifs is 1. The van der Waals surface area contributed by atoms with Gasteiger partial charge in [-0.3, -0.25) is 9.36 Å². The summed E-state index contributed by atoms with van der Waals surface area (Å²) in [6.07, 6.45) is 0. The Kier molecular flexibility index (Phi) is 4.77. The van der Waals surface area contributed by atoms with E-state index in [1.165, 1.54) is 9.13 Å². The smallest absolute Gasteiger partial charge is 0.399 e. The Bertz CT molecular complexity index is 1280. The van der Waals surface area contributed by atoms with Gasteiger partial charge in [0, 0.05) is 7.05 Å². The molecule has 3 aromatic rings. The fourth-order valence-electron chi connectivity index (χ4n) is 3.80. The zero-order valence-corrected chi connectivity index (χ0v) is 18.7. The highest BCUT2D eigenvalue weighted by atomic mass is 35.5. The lowest BCUT2D eigenvalue weighted by atomic mass is 9.76. The predicted octanol–water partition coefficient (Wildman–Crippen LogP) is 2.95. The molecule has 8 heteroatoms. The normalized spacial score (nSPS) is 17.6. The van der Waals surface area contributed by atoms with Gasteiger partial charge in [0.25, 0.3) is 5.56 Å². The standard InChI is InChI=1S/C22H24BClN2O4/c1-13-15(23-29-21(2,3)22(4,5)30-23)10-8-12-17(13)26-19(27)14-9-7-11-16(24)18(14)25(6)20(26)28/h7-12H,1-6H3. The summed E-state index contributed by atoms with van der Waals surface area (Å²) >= 11 is 6.26. The molecular formula is C22H24BClN2O4. The van der Waals surface area contributed by atoms with Gasteiger partial charge in [-0.1, -0.05) is 29.8 Å². The van der Waals surface area contributed by atoms with Crippen LogP contribution in [-0.4, -0.2) is 27.5 Å². The van der Waals surface area contributed by atoms with Crippen LogP contribution in [0, 0.1) is 6.92 Å². The number of rotatable bonds is 2. The predicted molar refractivity (Wildman–Crippen MR) is 120 cm³/mol. The van der Waals surface area contributed by atoms with Crippen molar-refractivity contribution in [1.29, 1.82) is 0 Å². The number of benzene rings is 2. The lowest BCUT2D eigenvalue weighted by Crippen LogP contribution is -2.41. The Hall–Kier alpha value is -2.35. The van der Waals surface area contributed by atoms with Crippen molar-refractivity contribution in [2.24, 2.45) is 7.05 Å². The van der Waals surface area contributed by atoms with Crippen molar-refractivity contribution >= 4 is 35.1 Å². The van der Waals surface area contributed by atoms with E-state index < -0.39 is 29.6 Å². The summed E-state index contributed by atoms with van der Waals surface area (Å²) in [4.78, 5) is 26.4. The molecule has 0 aliphatic carbocycles. The first-order valence-electron chi connectivity index (χ1n) is 9.82. The molecular weight excluding hydrogens is 403 g/mol. The SMILES string of the molecule is Cc1c(B2OC(C)(C)C(C)(C)O2)cccc1-n1c(=O)c2cccc(Cl)c2n(C)c1=O. The minimum atomic E-state index is -0.593. The van der Waals surface area contributed by atoms with E-state index in [0.717, 1.165) is 11.0 Å². The maximum Gasteiger partial charge on any atom is 0.495 e. The molecule has 4 rings (SSSR count). The molecule has 156 valence electrons. The molecule has 0 saturated carbocycles. The summed E-state index contributed by atoms with van der Waals surface area (Å²) in [7, 11) is 1.02. The van der Waals surface area contributed by atoms with Crippen LogP contribution in [0.2, 0.25) is 5.02 Å². The van der Waals surface area contributed by atoms with Crippen LogP contribution in [0.15, 0.2) is 46.0 Å². The second kappa shape index (κ2) is 6.84. The Balaban J connectivity index is 1.95. The molecule has 1 aliphatic heterocycles. The molecule has 1 aliphatic rings.